The molecule has 0 bridgehead atoms. The van der Waals surface area contributed by atoms with Crippen molar-refractivity contribution < 1.29 is 9.90 Å². The van der Waals surface area contributed by atoms with Crippen LogP contribution in [0.25, 0.3) is 0 Å². The quantitative estimate of drug-likeness (QED) is 0.731. The van der Waals surface area contributed by atoms with Crippen molar-refractivity contribution in [3.05, 3.63) is 0 Å². The molecular formula is C11H23NO2S. The summed E-state index contributed by atoms with van der Waals surface area (Å²) in [5.74, 6) is 0.416. The molecule has 0 radical (unpaired) electrons. The highest BCUT2D eigenvalue weighted by Gasteiger charge is 2.29. The Hall–Kier alpha value is -0.220. The Morgan fingerprint density at radius 1 is 1.47 bits per heavy atom. The molecule has 2 atom stereocenters. The normalized spacial score (nSPS) is 15.7. The molecule has 0 spiro atoms. The van der Waals surface area contributed by atoms with Crippen molar-refractivity contribution >= 4 is 17.7 Å². The molecule has 0 aromatic rings. The molecule has 1 N–H and O–H groups in total. The van der Waals surface area contributed by atoms with E-state index >= 15 is 0 Å². The predicted molar refractivity (Wildman–Crippen MR) is 66.5 cm³/mol. The van der Waals surface area contributed by atoms with Gasteiger partial charge < -0.3 is 5.11 Å². The molecule has 0 saturated carbocycles. The monoisotopic (exact) mass is 233 g/mol. The summed E-state index contributed by atoms with van der Waals surface area (Å²) in [4.78, 5) is 13.2. The fourth-order valence-electron chi connectivity index (χ4n) is 1.87. The smallest absolute Gasteiger partial charge is 0.321 e. The van der Waals surface area contributed by atoms with E-state index in [1.54, 1.807) is 11.8 Å². The molecular weight excluding hydrogens is 210 g/mol. The SMILES string of the molecule is CCC(CSC)N(C)C(C(=O)O)C(C)C. The number of carboxylic acids is 1. The number of hydrogen-bond acceptors (Lipinski definition) is 3. The van der Waals surface area contributed by atoms with Gasteiger partial charge in [0.25, 0.3) is 0 Å². The number of carboxylic acid groups (broad SMARTS) is 1. The lowest BCUT2D eigenvalue weighted by Crippen LogP contribution is -2.48. The topological polar surface area (TPSA) is 40.5 Å². The second-order valence-electron chi connectivity index (χ2n) is 4.21. The summed E-state index contributed by atoms with van der Waals surface area (Å²) in [7, 11) is 1.92. The van der Waals surface area contributed by atoms with Crippen molar-refractivity contribution in [1.82, 2.24) is 4.90 Å². The van der Waals surface area contributed by atoms with Gasteiger partial charge in [-0.2, -0.15) is 11.8 Å². The lowest BCUT2D eigenvalue weighted by molar-refractivity contribution is -0.145. The van der Waals surface area contributed by atoms with Crippen molar-refractivity contribution in [2.24, 2.45) is 5.92 Å². The van der Waals surface area contributed by atoms with E-state index in [1.807, 2.05) is 25.8 Å². The van der Waals surface area contributed by atoms with Gasteiger partial charge in [-0.15, -0.1) is 0 Å². The minimum Gasteiger partial charge on any atom is -0.480 e. The van der Waals surface area contributed by atoms with Gasteiger partial charge in [-0.3, -0.25) is 9.69 Å². The van der Waals surface area contributed by atoms with Crippen LogP contribution in [-0.2, 0) is 4.79 Å². The zero-order chi connectivity index (χ0) is 12.0. The minimum absolute atomic E-state index is 0.142. The molecule has 3 nitrogen and oxygen atoms in total. The van der Waals surface area contributed by atoms with Gasteiger partial charge in [-0.05, 0) is 25.6 Å². The Bertz CT molecular complexity index is 197. The summed E-state index contributed by atoms with van der Waals surface area (Å²) in [5, 5.41) is 9.18. The number of carbonyl (C=O) groups is 1. The first-order valence-corrected chi connectivity index (χ1v) is 6.78. The third-order valence-corrected chi connectivity index (χ3v) is 3.45. The van der Waals surface area contributed by atoms with E-state index in [9.17, 15) is 9.90 Å². The van der Waals surface area contributed by atoms with E-state index in [1.165, 1.54) is 0 Å². The maximum atomic E-state index is 11.2. The van der Waals surface area contributed by atoms with Gasteiger partial charge in [0, 0.05) is 11.8 Å². The molecule has 15 heavy (non-hydrogen) atoms. The van der Waals surface area contributed by atoms with Crippen molar-refractivity contribution in [2.45, 2.75) is 39.3 Å². The van der Waals surface area contributed by atoms with Crippen LogP contribution in [-0.4, -0.2) is 47.1 Å². The van der Waals surface area contributed by atoms with E-state index < -0.39 is 5.97 Å². The van der Waals surface area contributed by atoms with Crippen LogP contribution in [0.2, 0.25) is 0 Å². The third-order valence-electron chi connectivity index (χ3n) is 2.73. The van der Waals surface area contributed by atoms with Crippen molar-refractivity contribution in [3.63, 3.8) is 0 Å². The largest absolute Gasteiger partial charge is 0.480 e. The maximum Gasteiger partial charge on any atom is 0.321 e. The molecule has 0 aliphatic carbocycles. The zero-order valence-corrected chi connectivity index (χ0v) is 11.2. The number of hydrogen-bond donors (Lipinski definition) is 1. The van der Waals surface area contributed by atoms with Crippen molar-refractivity contribution in [2.75, 3.05) is 19.1 Å². The first-order valence-electron chi connectivity index (χ1n) is 5.39. The fourth-order valence-corrected chi connectivity index (χ4v) is 2.73. The number of thioether (sulfide) groups is 1. The van der Waals surface area contributed by atoms with E-state index in [-0.39, 0.29) is 12.0 Å². The summed E-state index contributed by atoms with van der Waals surface area (Å²) in [5.41, 5.74) is 0. The molecule has 0 amide bonds. The molecule has 0 aromatic carbocycles. The van der Waals surface area contributed by atoms with E-state index in [0.717, 1.165) is 12.2 Å². The Kier molecular flexibility index (Phi) is 7.02. The fraction of sp³-hybridized carbons (Fsp3) is 0.909. The van der Waals surface area contributed by atoms with Gasteiger partial charge in [0.2, 0.25) is 0 Å². The molecule has 0 rings (SSSR count). The van der Waals surface area contributed by atoms with Crippen LogP contribution in [0, 0.1) is 5.92 Å². The van der Waals surface area contributed by atoms with Gasteiger partial charge in [0.1, 0.15) is 6.04 Å². The minimum atomic E-state index is -0.716. The first kappa shape index (κ1) is 14.8. The lowest BCUT2D eigenvalue weighted by Gasteiger charge is -2.34. The van der Waals surface area contributed by atoms with Crippen molar-refractivity contribution in [3.8, 4) is 0 Å². The van der Waals surface area contributed by atoms with Gasteiger partial charge in [-0.25, -0.2) is 0 Å². The average Bonchev–Trinajstić information content (AvgIpc) is 2.12. The average molecular weight is 233 g/mol. The number of rotatable bonds is 7. The van der Waals surface area contributed by atoms with Crippen LogP contribution in [0.1, 0.15) is 27.2 Å². The standard InChI is InChI=1S/C11H23NO2S/c1-6-9(7-15-5)12(4)10(8(2)3)11(13)14/h8-10H,6-7H2,1-5H3,(H,13,14). The van der Waals surface area contributed by atoms with Crippen LogP contribution >= 0.6 is 11.8 Å². The van der Waals surface area contributed by atoms with Crippen LogP contribution in [0.5, 0.6) is 0 Å². The first-order chi connectivity index (χ1) is 6.95. The Balaban J connectivity index is 4.59. The van der Waals surface area contributed by atoms with Crippen LogP contribution in [0.4, 0.5) is 0 Å². The zero-order valence-electron chi connectivity index (χ0n) is 10.4. The number of aliphatic carboxylic acids is 1. The second kappa shape index (κ2) is 7.12. The molecule has 4 heteroatoms. The highest BCUT2D eigenvalue weighted by Crippen LogP contribution is 2.16. The molecule has 0 heterocycles. The molecule has 0 aliphatic rings. The lowest BCUT2D eigenvalue weighted by atomic mass is 10.0. The van der Waals surface area contributed by atoms with E-state index in [0.29, 0.717) is 6.04 Å². The highest BCUT2D eigenvalue weighted by molar-refractivity contribution is 7.98. The van der Waals surface area contributed by atoms with Crippen LogP contribution in [0.15, 0.2) is 0 Å². The van der Waals surface area contributed by atoms with Gasteiger partial charge in [0.15, 0.2) is 0 Å². The van der Waals surface area contributed by atoms with Gasteiger partial charge >= 0.3 is 5.97 Å². The molecule has 0 saturated heterocycles. The Labute approximate surface area is 97.2 Å². The molecule has 0 aromatic heterocycles. The van der Waals surface area contributed by atoms with Crippen LogP contribution < -0.4 is 0 Å². The highest BCUT2D eigenvalue weighted by atomic mass is 32.2. The number of likely N-dealkylation sites (N-methyl/N-ethyl adjacent to an activating group) is 1. The number of nitrogens with zero attached hydrogens (tertiary/aromatic N) is 1. The summed E-state index contributed by atoms with van der Waals surface area (Å²) in [6.07, 6.45) is 3.05. The van der Waals surface area contributed by atoms with Gasteiger partial charge in [0.05, 0.1) is 0 Å². The second-order valence-corrected chi connectivity index (χ2v) is 5.12. The van der Waals surface area contributed by atoms with E-state index in [4.69, 9.17) is 0 Å². The Morgan fingerprint density at radius 2 is 2.00 bits per heavy atom. The molecule has 0 fully saturated rings. The van der Waals surface area contributed by atoms with Crippen molar-refractivity contribution in [1.29, 1.82) is 0 Å². The van der Waals surface area contributed by atoms with Crippen LogP contribution in [0.3, 0.4) is 0 Å². The molecule has 2 unspecified atom stereocenters. The summed E-state index contributed by atoms with van der Waals surface area (Å²) in [6, 6.07) is -0.0226. The van der Waals surface area contributed by atoms with Gasteiger partial charge in [-0.1, -0.05) is 20.8 Å². The summed E-state index contributed by atoms with van der Waals surface area (Å²) < 4.78 is 0. The maximum absolute atomic E-state index is 11.2. The Morgan fingerprint density at radius 3 is 2.27 bits per heavy atom. The predicted octanol–water partition coefficient (Wildman–Crippen LogP) is 2.17. The third kappa shape index (κ3) is 4.43. The van der Waals surface area contributed by atoms with E-state index in [2.05, 4.69) is 13.2 Å². The summed E-state index contributed by atoms with van der Waals surface area (Å²) >= 11 is 1.77. The molecule has 90 valence electrons. The summed E-state index contributed by atoms with van der Waals surface area (Å²) in [6.45, 7) is 6.03. The molecule has 0 aliphatic heterocycles.